The predicted molar refractivity (Wildman–Crippen MR) is 47.2 cm³/mol. The number of rotatable bonds is 1. The van der Waals surface area contributed by atoms with Crippen LogP contribution in [0.1, 0.15) is 0 Å². The fourth-order valence-electron chi connectivity index (χ4n) is 0.791. The van der Waals surface area contributed by atoms with Gasteiger partial charge in [0.25, 0.3) is 0 Å². The van der Waals surface area contributed by atoms with Crippen LogP contribution in [-0.2, 0) is 10.0 Å². The summed E-state index contributed by atoms with van der Waals surface area (Å²) >= 11 is 5.46. The van der Waals surface area contributed by atoms with E-state index in [9.17, 15) is 12.8 Å². The summed E-state index contributed by atoms with van der Waals surface area (Å²) in [7, 11) is -4.12. The zero-order valence-corrected chi connectivity index (χ0v) is 7.86. The molecule has 0 spiro atoms. The van der Waals surface area contributed by atoms with Crippen molar-refractivity contribution >= 4 is 27.3 Å². The van der Waals surface area contributed by atoms with E-state index in [4.69, 9.17) is 22.5 Å². The lowest BCUT2D eigenvalue weighted by molar-refractivity contribution is 0.570. The first kappa shape index (κ1) is 10.2. The Hall–Kier alpha value is -0.850. The number of sulfonamides is 1. The van der Waals surface area contributed by atoms with Crippen molar-refractivity contribution in [3.63, 3.8) is 0 Å². The summed E-state index contributed by atoms with van der Waals surface area (Å²) in [5.74, 6) is -1.08. The number of hydrogen-bond donors (Lipinski definition) is 2. The van der Waals surface area contributed by atoms with E-state index >= 15 is 0 Å². The van der Waals surface area contributed by atoms with Crippen LogP contribution in [0.25, 0.3) is 0 Å². The number of anilines is 1. The average molecular weight is 225 g/mol. The lowest BCUT2D eigenvalue weighted by atomic mass is 10.3. The van der Waals surface area contributed by atoms with E-state index < -0.39 is 20.7 Å². The van der Waals surface area contributed by atoms with Gasteiger partial charge in [0, 0.05) is 5.02 Å². The molecule has 1 aromatic carbocycles. The Labute approximate surface area is 79.3 Å². The Morgan fingerprint density at radius 2 is 1.92 bits per heavy atom. The highest BCUT2D eigenvalue weighted by Gasteiger charge is 2.17. The number of nitrogen functional groups attached to an aromatic ring is 1. The second kappa shape index (κ2) is 3.13. The summed E-state index contributed by atoms with van der Waals surface area (Å²) in [6.07, 6.45) is 0. The Morgan fingerprint density at radius 3 is 2.38 bits per heavy atom. The molecule has 0 amide bonds. The maximum Gasteiger partial charge on any atom is 0.241 e. The second-order valence-electron chi connectivity index (χ2n) is 2.35. The SMILES string of the molecule is Nc1cc(Cl)cc(S(N)(=O)=O)c1F. The third-order valence-electron chi connectivity index (χ3n) is 1.34. The van der Waals surface area contributed by atoms with Crippen LogP contribution in [0.5, 0.6) is 0 Å². The van der Waals surface area contributed by atoms with Crippen LogP contribution in [0.4, 0.5) is 10.1 Å². The minimum absolute atomic E-state index is 0.0166. The monoisotopic (exact) mass is 224 g/mol. The number of halogens is 2. The molecule has 0 saturated heterocycles. The Kier molecular flexibility index (Phi) is 2.47. The summed E-state index contributed by atoms with van der Waals surface area (Å²) < 4.78 is 34.6. The van der Waals surface area contributed by atoms with E-state index in [2.05, 4.69) is 0 Å². The van der Waals surface area contributed by atoms with E-state index in [0.29, 0.717) is 0 Å². The van der Waals surface area contributed by atoms with Crippen molar-refractivity contribution < 1.29 is 12.8 Å². The van der Waals surface area contributed by atoms with Crippen molar-refractivity contribution in [2.75, 3.05) is 5.73 Å². The molecule has 1 rings (SSSR count). The highest BCUT2D eigenvalue weighted by atomic mass is 35.5. The molecule has 0 bridgehead atoms. The molecule has 0 aliphatic rings. The maximum atomic E-state index is 13.0. The van der Waals surface area contributed by atoms with Crippen LogP contribution in [0.2, 0.25) is 5.02 Å². The molecular weight excluding hydrogens is 219 g/mol. The van der Waals surface area contributed by atoms with Gasteiger partial charge >= 0.3 is 0 Å². The summed E-state index contributed by atoms with van der Waals surface area (Å²) in [4.78, 5) is -0.697. The molecule has 0 aliphatic heterocycles. The van der Waals surface area contributed by atoms with Gasteiger partial charge in [0.1, 0.15) is 4.90 Å². The molecule has 0 radical (unpaired) electrons. The normalized spacial score (nSPS) is 11.6. The minimum Gasteiger partial charge on any atom is -0.396 e. The molecule has 0 saturated carbocycles. The van der Waals surface area contributed by atoms with Crippen LogP contribution in [0, 0.1) is 5.82 Å². The number of nitrogens with two attached hydrogens (primary N) is 2. The van der Waals surface area contributed by atoms with Crippen molar-refractivity contribution in [2.24, 2.45) is 5.14 Å². The summed E-state index contributed by atoms with van der Waals surface area (Å²) in [5.41, 5.74) is 4.79. The van der Waals surface area contributed by atoms with Crippen LogP contribution >= 0.6 is 11.6 Å². The quantitative estimate of drug-likeness (QED) is 0.689. The Bertz CT molecular complexity index is 446. The number of benzene rings is 1. The van der Waals surface area contributed by atoms with Gasteiger partial charge in [0.05, 0.1) is 5.69 Å². The first-order chi connectivity index (χ1) is 5.82. The van der Waals surface area contributed by atoms with Gasteiger partial charge in [-0.05, 0) is 12.1 Å². The van der Waals surface area contributed by atoms with Crippen LogP contribution < -0.4 is 10.9 Å². The Morgan fingerprint density at radius 1 is 1.38 bits per heavy atom. The first-order valence-electron chi connectivity index (χ1n) is 3.09. The van der Waals surface area contributed by atoms with E-state index in [1.807, 2.05) is 0 Å². The largest absolute Gasteiger partial charge is 0.396 e. The van der Waals surface area contributed by atoms with Crippen molar-refractivity contribution in [2.45, 2.75) is 4.90 Å². The van der Waals surface area contributed by atoms with E-state index in [0.717, 1.165) is 12.1 Å². The van der Waals surface area contributed by atoms with Crippen LogP contribution in [0.3, 0.4) is 0 Å². The fourth-order valence-corrected chi connectivity index (χ4v) is 1.74. The van der Waals surface area contributed by atoms with Gasteiger partial charge in [-0.3, -0.25) is 0 Å². The minimum atomic E-state index is -4.12. The van der Waals surface area contributed by atoms with E-state index in [-0.39, 0.29) is 10.7 Å². The molecule has 0 fully saturated rings. The first-order valence-corrected chi connectivity index (χ1v) is 5.02. The smallest absolute Gasteiger partial charge is 0.241 e. The lowest BCUT2D eigenvalue weighted by Gasteiger charge is -2.03. The van der Waals surface area contributed by atoms with Gasteiger partial charge in [0.15, 0.2) is 5.82 Å². The molecule has 13 heavy (non-hydrogen) atoms. The topological polar surface area (TPSA) is 86.2 Å². The van der Waals surface area contributed by atoms with Gasteiger partial charge in [-0.25, -0.2) is 17.9 Å². The molecule has 72 valence electrons. The molecule has 0 atom stereocenters. The second-order valence-corrected chi connectivity index (χ2v) is 4.32. The Balaban J connectivity index is 3.56. The summed E-state index contributed by atoms with van der Waals surface area (Å²) in [6.45, 7) is 0. The standard InChI is InChI=1S/C6H6ClFN2O2S/c7-3-1-4(9)6(8)5(2-3)13(10,11)12/h1-2H,9H2,(H2,10,11,12). The van der Waals surface area contributed by atoms with Gasteiger partial charge in [-0.15, -0.1) is 0 Å². The average Bonchev–Trinajstić information content (AvgIpc) is 1.94. The van der Waals surface area contributed by atoms with Crippen molar-refractivity contribution in [1.29, 1.82) is 0 Å². The summed E-state index contributed by atoms with van der Waals surface area (Å²) in [6, 6.07) is 2.01. The molecule has 0 unspecified atom stereocenters. The zero-order valence-electron chi connectivity index (χ0n) is 6.29. The van der Waals surface area contributed by atoms with Crippen LogP contribution in [0.15, 0.2) is 17.0 Å². The van der Waals surface area contributed by atoms with Gasteiger partial charge in [0.2, 0.25) is 10.0 Å². The predicted octanol–water partition coefficient (Wildman–Crippen LogP) is 0.709. The molecule has 4 N–H and O–H groups in total. The molecule has 0 aromatic heterocycles. The third kappa shape index (κ3) is 2.09. The lowest BCUT2D eigenvalue weighted by Crippen LogP contribution is -2.15. The van der Waals surface area contributed by atoms with Gasteiger partial charge in [-0.2, -0.15) is 0 Å². The molecule has 0 aliphatic carbocycles. The molecule has 4 nitrogen and oxygen atoms in total. The molecular formula is C6H6ClFN2O2S. The highest BCUT2D eigenvalue weighted by molar-refractivity contribution is 7.89. The van der Waals surface area contributed by atoms with E-state index in [1.165, 1.54) is 0 Å². The zero-order chi connectivity index (χ0) is 10.2. The number of hydrogen-bond acceptors (Lipinski definition) is 3. The van der Waals surface area contributed by atoms with Crippen molar-refractivity contribution in [1.82, 2.24) is 0 Å². The van der Waals surface area contributed by atoms with Gasteiger partial charge in [-0.1, -0.05) is 11.6 Å². The fraction of sp³-hybridized carbons (Fsp3) is 0. The summed E-state index contributed by atoms with van der Waals surface area (Å²) in [5, 5.41) is 4.73. The van der Waals surface area contributed by atoms with Gasteiger partial charge < -0.3 is 5.73 Å². The van der Waals surface area contributed by atoms with Crippen molar-refractivity contribution in [3.8, 4) is 0 Å². The molecule has 1 aromatic rings. The highest BCUT2D eigenvalue weighted by Crippen LogP contribution is 2.23. The third-order valence-corrected chi connectivity index (χ3v) is 2.47. The number of primary sulfonamides is 1. The van der Waals surface area contributed by atoms with Crippen molar-refractivity contribution in [3.05, 3.63) is 23.0 Å². The van der Waals surface area contributed by atoms with E-state index in [1.54, 1.807) is 0 Å². The van der Waals surface area contributed by atoms with Crippen LogP contribution in [-0.4, -0.2) is 8.42 Å². The molecule has 7 heteroatoms. The molecule has 0 heterocycles. The maximum absolute atomic E-state index is 13.0.